The lowest BCUT2D eigenvalue weighted by atomic mass is 10.00. The van der Waals surface area contributed by atoms with E-state index in [0.717, 1.165) is 31.9 Å². The van der Waals surface area contributed by atoms with Gasteiger partial charge < -0.3 is 4.98 Å². The number of likely N-dealkylation sites (tertiary alicyclic amines) is 1. The molecule has 160 valence electrons. The van der Waals surface area contributed by atoms with Gasteiger partial charge in [-0.15, -0.1) is 0 Å². The molecular weight excluding hydrogens is 417 g/mol. The van der Waals surface area contributed by atoms with Crippen molar-refractivity contribution in [2.75, 3.05) is 6.54 Å². The second kappa shape index (κ2) is 7.68. The van der Waals surface area contributed by atoms with E-state index in [1.54, 1.807) is 12.1 Å². The van der Waals surface area contributed by atoms with Crippen LogP contribution < -0.4 is 5.14 Å². The summed E-state index contributed by atoms with van der Waals surface area (Å²) >= 11 is 0. The van der Waals surface area contributed by atoms with Crippen LogP contribution in [0.5, 0.6) is 0 Å². The van der Waals surface area contributed by atoms with E-state index in [4.69, 9.17) is 5.14 Å². The summed E-state index contributed by atoms with van der Waals surface area (Å²) in [6.07, 6.45) is -1.65. The zero-order valence-corrected chi connectivity index (χ0v) is 16.8. The Balaban J connectivity index is 1.63. The molecule has 0 bridgehead atoms. The number of alkyl halides is 3. The minimum Gasteiger partial charge on any atom is -0.341 e. The normalized spacial score (nSPS) is 18.7. The van der Waals surface area contributed by atoms with E-state index in [1.807, 2.05) is 0 Å². The molecule has 1 fully saturated rings. The topological polar surface area (TPSA) is 92.1 Å². The molecule has 30 heavy (non-hydrogen) atoms. The fourth-order valence-corrected chi connectivity index (χ4v) is 4.45. The average Bonchev–Trinajstić information content (AvgIpc) is 3.10. The molecule has 0 saturated carbocycles. The van der Waals surface area contributed by atoms with Gasteiger partial charge in [-0.05, 0) is 49.2 Å². The highest BCUT2D eigenvalue weighted by atomic mass is 32.2. The molecule has 1 atom stereocenters. The third-order valence-electron chi connectivity index (χ3n) is 5.37. The van der Waals surface area contributed by atoms with Crippen LogP contribution in [0.4, 0.5) is 13.2 Å². The van der Waals surface area contributed by atoms with Crippen molar-refractivity contribution in [2.45, 2.75) is 42.9 Å². The first-order valence-corrected chi connectivity index (χ1v) is 11.1. The molecule has 1 unspecified atom stereocenters. The highest BCUT2D eigenvalue weighted by Crippen LogP contribution is 2.34. The number of rotatable bonds is 4. The quantitative estimate of drug-likeness (QED) is 0.645. The Morgan fingerprint density at radius 1 is 1.17 bits per heavy atom. The number of fused-ring (bicyclic) bond motifs is 1. The third kappa shape index (κ3) is 4.35. The number of nitrogens with one attached hydrogen (secondary N) is 1. The number of aromatic amines is 1. The van der Waals surface area contributed by atoms with Crippen molar-refractivity contribution in [1.82, 2.24) is 14.9 Å². The standard InChI is InChI=1S/C20H21F3N4O2S/c21-20(22,23)14-5-3-4-13(10-14)12-27-9-2-1-6-18(27)19-25-16-8-7-15(30(24,28)29)11-17(16)26-19/h3-5,7-8,10-11,18H,1-2,6,9,12H2,(H,25,26)(H2,24,28,29). The number of halogens is 3. The van der Waals surface area contributed by atoms with E-state index >= 15 is 0 Å². The molecule has 2 aromatic carbocycles. The predicted molar refractivity (Wildman–Crippen MR) is 106 cm³/mol. The maximum atomic E-state index is 13.0. The number of aromatic nitrogens is 2. The largest absolute Gasteiger partial charge is 0.416 e. The van der Waals surface area contributed by atoms with Crippen LogP contribution in [-0.2, 0) is 22.7 Å². The Morgan fingerprint density at radius 3 is 2.70 bits per heavy atom. The number of piperidine rings is 1. The summed E-state index contributed by atoms with van der Waals surface area (Å²) in [5.41, 5.74) is 1.10. The van der Waals surface area contributed by atoms with Gasteiger partial charge in [0.2, 0.25) is 10.0 Å². The van der Waals surface area contributed by atoms with E-state index in [0.29, 0.717) is 29.0 Å². The van der Waals surface area contributed by atoms with Crippen molar-refractivity contribution in [1.29, 1.82) is 0 Å². The van der Waals surface area contributed by atoms with Gasteiger partial charge in [-0.3, -0.25) is 4.90 Å². The van der Waals surface area contributed by atoms with Crippen LogP contribution in [0.1, 0.15) is 42.3 Å². The lowest BCUT2D eigenvalue weighted by Gasteiger charge is -2.34. The molecule has 3 aromatic rings. The number of benzene rings is 2. The smallest absolute Gasteiger partial charge is 0.341 e. The number of nitrogens with two attached hydrogens (primary N) is 1. The van der Waals surface area contributed by atoms with Gasteiger partial charge in [0.15, 0.2) is 0 Å². The van der Waals surface area contributed by atoms with Gasteiger partial charge in [0.1, 0.15) is 5.82 Å². The van der Waals surface area contributed by atoms with Crippen molar-refractivity contribution in [2.24, 2.45) is 5.14 Å². The highest BCUT2D eigenvalue weighted by Gasteiger charge is 2.31. The van der Waals surface area contributed by atoms with Crippen molar-refractivity contribution in [3.8, 4) is 0 Å². The minimum atomic E-state index is -4.38. The first-order valence-electron chi connectivity index (χ1n) is 9.54. The molecule has 10 heteroatoms. The number of imidazole rings is 1. The first-order chi connectivity index (χ1) is 14.1. The molecule has 3 N–H and O–H groups in total. The van der Waals surface area contributed by atoms with E-state index in [2.05, 4.69) is 14.9 Å². The molecule has 1 aromatic heterocycles. The molecule has 1 aliphatic rings. The third-order valence-corrected chi connectivity index (χ3v) is 6.28. The number of primary sulfonamides is 1. The van der Waals surface area contributed by atoms with Crippen molar-refractivity contribution >= 4 is 21.1 Å². The molecule has 0 radical (unpaired) electrons. The SMILES string of the molecule is NS(=O)(=O)c1ccc2nc(C3CCCCN3Cc3cccc(C(F)(F)F)c3)[nH]c2c1. The van der Waals surface area contributed by atoms with Crippen molar-refractivity contribution in [3.05, 3.63) is 59.4 Å². The first kappa shape index (κ1) is 20.8. The summed E-state index contributed by atoms with van der Waals surface area (Å²) in [5, 5.41) is 5.20. The molecule has 1 aliphatic heterocycles. The Bertz CT molecular complexity index is 1170. The van der Waals surface area contributed by atoms with Gasteiger partial charge in [0, 0.05) is 6.54 Å². The summed E-state index contributed by atoms with van der Waals surface area (Å²) < 4.78 is 62.3. The summed E-state index contributed by atoms with van der Waals surface area (Å²) in [4.78, 5) is 9.88. The minimum absolute atomic E-state index is 0.00494. The lowest BCUT2D eigenvalue weighted by Crippen LogP contribution is -2.33. The molecule has 0 spiro atoms. The van der Waals surface area contributed by atoms with Crippen molar-refractivity contribution in [3.63, 3.8) is 0 Å². The second-order valence-electron chi connectivity index (χ2n) is 7.53. The van der Waals surface area contributed by atoms with Gasteiger partial charge >= 0.3 is 6.18 Å². The van der Waals surface area contributed by atoms with Gasteiger partial charge in [-0.1, -0.05) is 24.6 Å². The fraction of sp³-hybridized carbons (Fsp3) is 0.350. The van der Waals surface area contributed by atoms with E-state index in [1.165, 1.54) is 24.3 Å². The van der Waals surface area contributed by atoms with Gasteiger partial charge in [-0.2, -0.15) is 13.2 Å². The molecular formula is C20H21F3N4O2S. The van der Waals surface area contributed by atoms with Gasteiger partial charge in [0.05, 0.1) is 27.5 Å². The van der Waals surface area contributed by atoms with Crippen LogP contribution in [0.25, 0.3) is 11.0 Å². The highest BCUT2D eigenvalue weighted by molar-refractivity contribution is 7.89. The number of H-pyrrole nitrogens is 1. The second-order valence-corrected chi connectivity index (χ2v) is 9.09. The predicted octanol–water partition coefficient (Wildman–Crippen LogP) is 3.96. The van der Waals surface area contributed by atoms with Crippen LogP contribution in [0.15, 0.2) is 47.4 Å². The molecule has 4 rings (SSSR count). The Hall–Kier alpha value is -2.43. The van der Waals surface area contributed by atoms with Gasteiger partial charge in [0.25, 0.3) is 0 Å². The maximum absolute atomic E-state index is 13.0. The number of hydrogen-bond acceptors (Lipinski definition) is 4. The summed E-state index contributed by atoms with van der Waals surface area (Å²) in [6.45, 7) is 1.11. The zero-order chi connectivity index (χ0) is 21.5. The maximum Gasteiger partial charge on any atom is 0.416 e. The molecule has 6 nitrogen and oxygen atoms in total. The number of sulfonamides is 1. The van der Waals surface area contributed by atoms with Crippen LogP contribution in [0.3, 0.4) is 0 Å². The molecule has 0 amide bonds. The van der Waals surface area contributed by atoms with Crippen LogP contribution in [0, 0.1) is 0 Å². The lowest BCUT2D eigenvalue weighted by molar-refractivity contribution is -0.137. The van der Waals surface area contributed by atoms with Gasteiger partial charge in [-0.25, -0.2) is 18.5 Å². The average molecular weight is 438 g/mol. The Morgan fingerprint density at radius 2 is 1.97 bits per heavy atom. The summed E-state index contributed by atoms with van der Waals surface area (Å²) in [5.74, 6) is 0.670. The monoisotopic (exact) mass is 438 g/mol. The van der Waals surface area contributed by atoms with Crippen LogP contribution in [-0.4, -0.2) is 29.8 Å². The summed E-state index contributed by atoms with van der Waals surface area (Å²) in [7, 11) is -3.83. The Labute approximate surface area is 172 Å². The molecule has 0 aliphatic carbocycles. The molecule has 2 heterocycles. The number of nitrogens with zero attached hydrogens (tertiary/aromatic N) is 2. The van der Waals surface area contributed by atoms with Crippen LogP contribution >= 0.6 is 0 Å². The van der Waals surface area contributed by atoms with E-state index < -0.39 is 21.8 Å². The zero-order valence-electron chi connectivity index (χ0n) is 16.0. The number of hydrogen-bond donors (Lipinski definition) is 2. The fourth-order valence-electron chi connectivity index (χ4n) is 3.91. The summed E-state index contributed by atoms with van der Waals surface area (Å²) in [6, 6.07) is 9.71. The van der Waals surface area contributed by atoms with Crippen molar-refractivity contribution < 1.29 is 21.6 Å². The van der Waals surface area contributed by atoms with E-state index in [9.17, 15) is 21.6 Å². The Kier molecular flexibility index (Phi) is 5.33. The van der Waals surface area contributed by atoms with E-state index in [-0.39, 0.29) is 10.9 Å². The van der Waals surface area contributed by atoms with Crippen LogP contribution in [0.2, 0.25) is 0 Å². The molecule has 1 saturated heterocycles.